The molecule has 5 aromatic carbocycles. The van der Waals surface area contributed by atoms with E-state index in [2.05, 4.69) is 53.8 Å². The molecule has 4 fully saturated rings. The predicted octanol–water partition coefficient (Wildman–Crippen LogP) is 7.57. The molecule has 9 rings (SSSR count). The largest absolute Gasteiger partial charge is 0.497 e. The number of likely N-dealkylation sites (tertiary alicyclic amines) is 2. The van der Waals surface area contributed by atoms with Gasteiger partial charge in [0, 0.05) is 48.8 Å². The average Bonchev–Trinajstić information content (AvgIpc) is 3.75. The molecule has 360 valence electrons. The zero-order valence-electron chi connectivity index (χ0n) is 39.0. The maximum absolute atomic E-state index is 13.4. The minimum absolute atomic E-state index is 0.0105. The highest BCUT2D eigenvalue weighted by atomic mass is 79.9. The molecule has 2 atom stereocenters. The van der Waals surface area contributed by atoms with Gasteiger partial charge in [-0.25, -0.2) is 9.59 Å². The number of methoxy groups -OCH3 is 1. The number of urea groups is 2. The maximum atomic E-state index is 13.4. The van der Waals surface area contributed by atoms with Gasteiger partial charge in [0.15, 0.2) is 0 Å². The second kappa shape index (κ2) is 22.4. The fourth-order valence-electron chi connectivity index (χ4n) is 9.66. The average molecular weight is 998 g/mol. The van der Waals surface area contributed by atoms with Crippen LogP contribution in [0.2, 0.25) is 0 Å². The number of carbonyl (C=O) groups excluding carboxylic acids is 5. The van der Waals surface area contributed by atoms with E-state index in [1.54, 1.807) is 7.11 Å². The molecule has 5 aromatic rings. The van der Waals surface area contributed by atoms with Crippen LogP contribution in [0.4, 0.5) is 9.59 Å². The van der Waals surface area contributed by atoms with Crippen molar-refractivity contribution >= 4 is 45.7 Å². The van der Waals surface area contributed by atoms with Crippen LogP contribution < -0.4 is 26.4 Å². The first kappa shape index (κ1) is 49.0. The SMILES string of the molecule is COc1ccc(CN2C(=O)NC3(CCN(CC[C@H](NC(=O)c4ccccc4)c4ccccc4)CC3)C2=O)cc1.N[C@@H](CCN1CCC2(CC1)NC(=O)N(Cc1ccc(Br)cc1)C2=O)c1ccccc1. The van der Waals surface area contributed by atoms with E-state index in [4.69, 9.17) is 10.5 Å². The fourth-order valence-corrected chi connectivity index (χ4v) is 9.92. The van der Waals surface area contributed by atoms with Crippen LogP contribution in [0.3, 0.4) is 0 Å². The summed E-state index contributed by atoms with van der Waals surface area (Å²) in [6.07, 6.45) is 3.99. The molecular formula is C54H61BrN8O6. The number of nitrogens with zero attached hydrogens (tertiary/aromatic N) is 4. The summed E-state index contributed by atoms with van der Waals surface area (Å²) in [6, 6.07) is 43.7. The van der Waals surface area contributed by atoms with Crippen molar-refractivity contribution in [3.05, 3.63) is 172 Å². The zero-order valence-corrected chi connectivity index (χ0v) is 40.6. The molecule has 69 heavy (non-hydrogen) atoms. The van der Waals surface area contributed by atoms with Crippen molar-refractivity contribution < 1.29 is 28.7 Å². The van der Waals surface area contributed by atoms with Crippen LogP contribution in [-0.2, 0) is 22.7 Å². The third kappa shape index (κ3) is 11.9. The third-order valence-electron chi connectivity index (χ3n) is 13.9. The highest BCUT2D eigenvalue weighted by Gasteiger charge is 2.53. The van der Waals surface area contributed by atoms with Crippen molar-refractivity contribution in [2.45, 2.75) is 74.8 Å². The lowest BCUT2D eigenvalue weighted by Crippen LogP contribution is -2.55. The van der Waals surface area contributed by atoms with Crippen molar-refractivity contribution in [1.29, 1.82) is 0 Å². The van der Waals surface area contributed by atoms with Gasteiger partial charge in [-0.05, 0) is 104 Å². The first-order valence-corrected chi connectivity index (χ1v) is 24.6. The number of carbonyl (C=O) groups is 5. The number of benzene rings is 5. The lowest BCUT2D eigenvalue weighted by Gasteiger charge is -2.37. The minimum Gasteiger partial charge on any atom is -0.497 e. The second-order valence-corrected chi connectivity index (χ2v) is 19.3. The van der Waals surface area contributed by atoms with Gasteiger partial charge in [-0.15, -0.1) is 0 Å². The molecule has 4 saturated heterocycles. The smallest absolute Gasteiger partial charge is 0.325 e. The number of amides is 7. The van der Waals surface area contributed by atoms with Gasteiger partial charge in [0.2, 0.25) is 0 Å². The summed E-state index contributed by atoms with van der Waals surface area (Å²) in [5.41, 5.74) is 9.36. The van der Waals surface area contributed by atoms with Gasteiger partial charge in [-0.1, -0.05) is 119 Å². The normalized spacial score (nSPS) is 18.6. The van der Waals surface area contributed by atoms with Crippen molar-refractivity contribution in [3.8, 4) is 5.75 Å². The number of halogens is 1. The highest BCUT2D eigenvalue weighted by molar-refractivity contribution is 9.10. The number of ether oxygens (including phenoxy) is 1. The molecular weight excluding hydrogens is 937 g/mol. The predicted molar refractivity (Wildman–Crippen MR) is 268 cm³/mol. The lowest BCUT2D eigenvalue weighted by molar-refractivity contribution is -0.134. The Morgan fingerprint density at radius 2 is 1.06 bits per heavy atom. The van der Waals surface area contributed by atoms with Gasteiger partial charge in [-0.2, -0.15) is 0 Å². The molecule has 0 bridgehead atoms. The van der Waals surface area contributed by atoms with E-state index in [1.807, 2.05) is 127 Å². The van der Waals surface area contributed by atoms with E-state index < -0.39 is 11.1 Å². The number of hydrogen-bond donors (Lipinski definition) is 4. The molecule has 0 saturated carbocycles. The van der Waals surface area contributed by atoms with E-state index in [0.717, 1.165) is 71.5 Å². The van der Waals surface area contributed by atoms with Gasteiger partial charge in [0.25, 0.3) is 17.7 Å². The Hall–Kier alpha value is -6.39. The van der Waals surface area contributed by atoms with E-state index in [-0.39, 0.29) is 48.4 Å². The topological polar surface area (TPSA) is 170 Å². The Bertz CT molecular complexity index is 2540. The Balaban J connectivity index is 0.000000192. The van der Waals surface area contributed by atoms with Crippen LogP contribution in [0.5, 0.6) is 5.75 Å². The number of nitrogens with one attached hydrogen (secondary N) is 3. The van der Waals surface area contributed by atoms with Crippen molar-refractivity contribution in [1.82, 2.24) is 35.6 Å². The van der Waals surface area contributed by atoms with Crippen LogP contribution in [-0.4, -0.2) is 107 Å². The molecule has 4 heterocycles. The number of hydrogen-bond acceptors (Lipinski definition) is 9. The van der Waals surface area contributed by atoms with Crippen LogP contribution >= 0.6 is 15.9 Å². The van der Waals surface area contributed by atoms with Crippen molar-refractivity contribution in [2.24, 2.45) is 5.73 Å². The summed E-state index contributed by atoms with van der Waals surface area (Å²) in [6.45, 7) is 5.13. The van der Waals surface area contributed by atoms with Gasteiger partial charge in [0.05, 0.1) is 26.2 Å². The summed E-state index contributed by atoms with van der Waals surface area (Å²) < 4.78 is 6.17. The zero-order chi connectivity index (χ0) is 48.4. The lowest BCUT2D eigenvalue weighted by atomic mass is 9.87. The second-order valence-electron chi connectivity index (χ2n) is 18.4. The Kier molecular flexibility index (Phi) is 15.9. The Morgan fingerprint density at radius 3 is 1.54 bits per heavy atom. The molecule has 0 aliphatic carbocycles. The molecule has 0 aromatic heterocycles. The quantitative estimate of drug-likeness (QED) is 0.0774. The van der Waals surface area contributed by atoms with Gasteiger partial charge in [0.1, 0.15) is 16.8 Å². The highest BCUT2D eigenvalue weighted by Crippen LogP contribution is 2.33. The van der Waals surface area contributed by atoms with E-state index in [9.17, 15) is 24.0 Å². The molecule has 0 unspecified atom stereocenters. The van der Waals surface area contributed by atoms with E-state index in [1.165, 1.54) is 9.80 Å². The minimum atomic E-state index is -0.847. The first-order valence-electron chi connectivity index (χ1n) is 23.8. The number of imide groups is 2. The number of nitrogens with two attached hydrogens (primary N) is 1. The molecule has 14 nitrogen and oxygen atoms in total. The Labute approximate surface area is 412 Å². The summed E-state index contributed by atoms with van der Waals surface area (Å²) in [5.74, 6) is 0.378. The molecule has 5 N–H and O–H groups in total. The van der Waals surface area contributed by atoms with Gasteiger partial charge < -0.3 is 36.2 Å². The standard InChI is InChI=1S/C31H34N4O4.C23H27BrN4O2/c1-39-26-14-12-23(13-15-26)22-35-29(37)31(33-30(35)38)17-20-34(21-18-31)19-16-27(24-8-4-2-5-9-24)32-28(36)25-10-6-3-7-11-25;24-19-8-6-17(7-9-19)16-28-21(29)23(26-22(28)30)11-14-27(15-12-23)13-10-20(25)18-4-2-1-3-5-18/h2-15,27H,16-22H2,1H3,(H,32,36)(H,33,38);1-9,20H,10-16,25H2,(H,26,30)/t27-;20-/m00/s1. The molecule has 4 aliphatic rings. The van der Waals surface area contributed by atoms with Crippen molar-refractivity contribution in [2.75, 3.05) is 46.4 Å². The maximum Gasteiger partial charge on any atom is 0.325 e. The van der Waals surface area contributed by atoms with Gasteiger partial charge >= 0.3 is 12.1 Å². The molecule has 15 heteroatoms. The van der Waals surface area contributed by atoms with Crippen LogP contribution in [0.1, 0.15) is 83.2 Å². The first-order chi connectivity index (χ1) is 33.4. The molecule has 7 amide bonds. The summed E-state index contributed by atoms with van der Waals surface area (Å²) in [5, 5.41) is 9.18. The van der Waals surface area contributed by atoms with Crippen LogP contribution in [0, 0.1) is 0 Å². The summed E-state index contributed by atoms with van der Waals surface area (Å²) >= 11 is 3.41. The molecule has 0 radical (unpaired) electrons. The number of rotatable bonds is 15. The van der Waals surface area contributed by atoms with Gasteiger partial charge in [-0.3, -0.25) is 24.2 Å². The van der Waals surface area contributed by atoms with Crippen LogP contribution in [0.15, 0.2) is 144 Å². The van der Waals surface area contributed by atoms with E-state index in [0.29, 0.717) is 50.9 Å². The third-order valence-corrected chi connectivity index (χ3v) is 14.5. The summed E-state index contributed by atoms with van der Waals surface area (Å²) in [7, 11) is 1.60. The molecule has 2 spiro atoms. The monoisotopic (exact) mass is 996 g/mol. The Morgan fingerprint density at radius 1 is 0.623 bits per heavy atom. The van der Waals surface area contributed by atoms with Crippen LogP contribution in [0.25, 0.3) is 0 Å². The van der Waals surface area contributed by atoms with E-state index >= 15 is 0 Å². The number of piperidine rings is 2. The van der Waals surface area contributed by atoms with Crippen molar-refractivity contribution in [3.63, 3.8) is 0 Å². The molecule has 4 aliphatic heterocycles. The summed E-state index contributed by atoms with van der Waals surface area (Å²) in [4.78, 5) is 72.0. The fraction of sp³-hybridized carbons (Fsp3) is 0.352.